The number of ether oxygens (including phenoxy) is 1. The summed E-state index contributed by atoms with van der Waals surface area (Å²) in [5.74, 6) is 0. The van der Waals surface area contributed by atoms with Crippen LogP contribution >= 0.6 is 0 Å². The van der Waals surface area contributed by atoms with Crippen LogP contribution < -0.4 is 4.72 Å². The first-order valence-corrected chi connectivity index (χ1v) is 10.6. The van der Waals surface area contributed by atoms with Crippen molar-refractivity contribution in [3.63, 3.8) is 0 Å². The van der Waals surface area contributed by atoms with Gasteiger partial charge in [-0.25, -0.2) is 13.7 Å². The second-order valence-corrected chi connectivity index (χ2v) is 11.1. The SMILES string of the molecule is Cc1ccc(C(N[S@@](=O)C(C)(C)C)[C@@H]2CCCN2C(=O)OC(C)(C)C)nc1. The minimum absolute atomic E-state index is 0.152. The van der Waals surface area contributed by atoms with Gasteiger partial charge in [0.15, 0.2) is 0 Å². The van der Waals surface area contributed by atoms with Crippen molar-refractivity contribution < 1.29 is 13.7 Å². The van der Waals surface area contributed by atoms with Gasteiger partial charge in [-0.2, -0.15) is 0 Å². The van der Waals surface area contributed by atoms with E-state index in [9.17, 15) is 9.00 Å². The molecule has 152 valence electrons. The maximum Gasteiger partial charge on any atom is 0.410 e. The lowest BCUT2D eigenvalue weighted by Gasteiger charge is -2.34. The minimum Gasteiger partial charge on any atom is -0.444 e. The Hall–Kier alpha value is -1.47. The number of likely N-dealkylation sites (tertiary alicyclic amines) is 1. The van der Waals surface area contributed by atoms with Crippen molar-refractivity contribution >= 4 is 17.1 Å². The number of amides is 1. The lowest BCUT2D eigenvalue weighted by atomic mass is 10.0. The molecule has 6 nitrogen and oxygen atoms in total. The van der Waals surface area contributed by atoms with Crippen LogP contribution in [0.25, 0.3) is 0 Å². The highest BCUT2D eigenvalue weighted by molar-refractivity contribution is 7.84. The fourth-order valence-corrected chi connectivity index (χ4v) is 3.84. The number of carbonyl (C=O) groups excluding carboxylic acids is 1. The van der Waals surface area contributed by atoms with Gasteiger partial charge in [0.2, 0.25) is 0 Å². The molecule has 1 saturated heterocycles. The van der Waals surface area contributed by atoms with Crippen LogP contribution in [0.1, 0.15) is 71.7 Å². The van der Waals surface area contributed by atoms with Crippen LogP contribution in [-0.4, -0.2) is 43.1 Å². The molecule has 0 aliphatic carbocycles. The summed E-state index contributed by atoms with van der Waals surface area (Å²) in [6.07, 6.45) is 3.17. The molecule has 0 bridgehead atoms. The fourth-order valence-electron chi connectivity index (χ4n) is 2.98. The molecule has 2 heterocycles. The van der Waals surface area contributed by atoms with Crippen LogP contribution in [0.5, 0.6) is 0 Å². The van der Waals surface area contributed by atoms with Crippen LogP contribution in [0.4, 0.5) is 4.79 Å². The molecule has 0 saturated carbocycles. The fraction of sp³-hybridized carbons (Fsp3) is 0.700. The average Bonchev–Trinajstić information content (AvgIpc) is 3.00. The minimum atomic E-state index is -1.29. The van der Waals surface area contributed by atoms with E-state index in [1.807, 2.05) is 60.6 Å². The molecule has 1 aromatic heterocycles. The van der Waals surface area contributed by atoms with Gasteiger partial charge in [0, 0.05) is 12.7 Å². The van der Waals surface area contributed by atoms with E-state index in [1.165, 1.54) is 0 Å². The van der Waals surface area contributed by atoms with Gasteiger partial charge in [-0.05, 0) is 72.9 Å². The second kappa shape index (κ2) is 8.27. The second-order valence-electron chi connectivity index (χ2n) is 9.12. The molecular formula is C20H33N3O3S. The van der Waals surface area contributed by atoms with Crippen molar-refractivity contribution in [2.24, 2.45) is 0 Å². The summed E-state index contributed by atoms with van der Waals surface area (Å²) in [5.41, 5.74) is 1.30. The Kier molecular flexibility index (Phi) is 6.68. The summed E-state index contributed by atoms with van der Waals surface area (Å²) in [6, 6.07) is 3.46. The van der Waals surface area contributed by atoms with Gasteiger partial charge in [0.25, 0.3) is 0 Å². The molecule has 0 radical (unpaired) electrons. The third-order valence-corrected chi connectivity index (χ3v) is 5.94. The Morgan fingerprint density at radius 1 is 1.30 bits per heavy atom. The summed E-state index contributed by atoms with van der Waals surface area (Å²) >= 11 is 0. The number of hydrogen-bond donors (Lipinski definition) is 1. The molecule has 1 aliphatic rings. The Morgan fingerprint density at radius 3 is 2.48 bits per heavy atom. The van der Waals surface area contributed by atoms with Gasteiger partial charge < -0.3 is 9.64 Å². The molecule has 0 spiro atoms. The lowest BCUT2D eigenvalue weighted by molar-refractivity contribution is 0.0201. The number of aryl methyl sites for hydroxylation is 1. The van der Waals surface area contributed by atoms with Crippen molar-refractivity contribution in [2.75, 3.05) is 6.54 Å². The van der Waals surface area contributed by atoms with Crippen molar-refractivity contribution in [3.8, 4) is 0 Å². The summed E-state index contributed by atoms with van der Waals surface area (Å²) in [7, 11) is -1.29. The number of aromatic nitrogens is 1. The lowest BCUT2D eigenvalue weighted by Crippen LogP contribution is -2.48. The molecule has 3 atom stereocenters. The van der Waals surface area contributed by atoms with E-state index in [0.29, 0.717) is 6.54 Å². The van der Waals surface area contributed by atoms with E-state index >= 15 is 0 Å². The molecule has 27 heavy (non-hydrogen) atoms. The van der Waals surface area contributed by atoms with Crippen molar-refractivity contribution in [1.29, 1.82) is 0 Å². The van der Waals surface area contributed by atoms with Crippen LogP contribution in [0.2, 0.25) is 0 Å². The summed E-state index contributed by atoms with van der Waals surface area (Å²) < 4.78 is 21.2. The predicted molar refractivity (Wildman–Crippen MR) is 109 cm³/mol. The number of hydrogen-bond acceptors (Lipinski definition) is 4. The summed E-state index contributed by atoms with van der Waals surface area (Å²) in [4.78, 5) is 19.0. The monoisotopic (exact) mass is 395 g/mol. The molecule has 7 heteroatoms. The first-order valence-electron chi connectivity index (χ1n) is 9.49. The zero-order valence-electron chi connectivity index (χ0n) is 17.5. The molecule has 2 rings (SSSR count). The third kappa shape index (κ3) is 6.01. The highest BCUT2D eigenvalue weighted by Gasteiger charge is 2.40. The van der Waals surface area contributed by atoms with Gasteiger partial charge in [0.05, 0.1) is 33.5 Å². The van der Waals surface area contributed by atoms with Crippen molar-refractivity contribution in [2.45, 2.75) is 83.7 Å². The average molecular weight is 396 g/mol. The zero-order chi connectivity index (χ0) is 20.4. The standard InChI is InChI=1S/C20H33N3O3S/c1-14-10-11-15(21-13-14)17(22-27(25)20(5,6)7)16-9-8-12-23(16)18(24)26-19(2,3)4/h10-11,13,16-17,22H,8-9,12H2,1-7H3/t16-,17?,27-/m0/s1. The third-order valence-electron chi connectivity index (χ3n) is 4.36. The van der Waals surface area contributed by atoms with Crippen LogP contribution in [0, 0.1) is 6.92 Å². The largest absolute Gasteiger partial charge is 0.444 e. The molecule has 1 aliphatic heterocycles. The molecule has 1 amide bonds. The van der Waals surface area contributed by atoms with Crippen molar-refractivity contribution in [1.82, 2.24) is 14.6 Å². The van der Waals surface area contributed by atoms with E-state index in [2.05, 4.69) is 9.71 Å². The Labute approximate surface area is 165 Å². The van der Waals surface area contributed by atoms with E-state index in [0.717, 1.165) is 24.1 Å². The van der Waals surface area contributed by atoms with Gasteiger partial charge >= 0.3 is 6.09 Å². The van der Waals surface area contributed by atoms with Crippen LogP contribution in [0.15, 0.2) is 18.3 Å². The van der Waals surface area contributed by atoms with Gasteiger partial charge in [-0.1, -0.05) is 6.07 Å². The topological polar surface area (TPSA) is 71.5 Å². The van der Waals surface area contributed by atoms with E-state index < -0.39 is 21.3 Å². The quantitative estimate of drug-likeness (QED) is 0.840. The Morgan fingerprint density at radius 2 is 1.96 bits per heavy atom. The molecule has 0 aromatic carbocycles. The number of pyridine rings is 1. The molecule has 1 N–H and O–H groups in total. The Bertz CT molecular complexity index is 677. The maximum atomic E-state index is 12.8. The van der Waals surface area contributed by atoms with E-state index in [-0.39, 0.29) is 18.2 Å². The Balaban J connectivity index is 2.32. The van der Waals surface area contributed by atoms with E-state index in [4.69, 9.17) is 4.74 Å². The highest BCUT2D eigenvalue weighted by Crippen LogP contribution is 2.31. The molecule has 1 unspecified atom stereocenters. The summed E-state index contributed by atoms with van der Waals surface area (Å²) in [5, 5.41) is 0. The van der Waals surface area contributed by atoms with Gasteiger partial charge in [-0.3, -0.25) is 4.98 Å². The molecule has 1 fully saturated rings. The first-order chi connectivity index (χ1) is 12.4. The van der Waals surface area contributed by atoms with Crippen LogP contribution in [-0.2, 0) is 15.7 Å². The number of carbonyl (C=O) groups is 1. The number of nitrogens with zero attached hydrogens (tertiary/aromatic N) is 2. The highest BCUT2D eigenvalue weighted by atomic mass is 32.2. The van der Waals surface area contributed by atoms with Gasteiger partial charge in [0.1, 0.15) is 5.60 Å². The summed E-state index contributed by atoms with van der Waals surface area (Å²) in [6.45, 7) is 14.0. The molecular weight excluding hydrogens is 362 g/mol. The van der Waals surface area contributed by atoms with Gasteiger partial charge in [-0.15, -0.1) is 0 Å². The van der Waals surface area contributed by atoms with Crippen molar-refractivity contribution in [3.05, 3.63) is 29.6 Å². The maximum absolute atomic E-state index is 12.8. The van der Waals surface area contributed by atoms with E-state index in [1.54, 1.807) is 11.1 Å². The first kappa shape index (κ1) is 21.8. The van der Waals surface area contributed by atoms with Crippen LogP contribution in [0.3, 0.4) is 0 Å². The predicted octanol–water partition coefficient (Wildman–Crippen LogP) is 3.88. The molecule has 1 aromatic rings. The zero-order valence-corrected chi connectivity index (χ0v) is 18.4. The normalized spacial score (nSPS) is 20.4. The smallest absolute Gasteiger partial charge is 0.410 e. The number of nitrogens with one attached hydrogen (secondary N) is 1. The number of rotatable bonds is 4.